The second-order valence-electron chi connectivity index (χ2n) is 5.17. The molecule has 1 saturated carbocycles. The molecule has 2 atom stereocenters. The molecule has 1 amide bonds. The number of anilines is 1. The Morgan fingerprint density at radius 3 is 2.80 bits per heavy atom. The maximum atomic E-state index is 12.2. The van der Waals surface area contributed by atoms with Crippen molar-refractivity contribution in [2.45, 2.75) is 19.3 Å². The molecule has 2 unspecified atom stereocenters. The highest BCUT2D eigenvalue weighted by Gasteiger charge is 2.43. The Morgan fingerprint density at radius 2 is 2.10 bits per heavy atom. The topological polar surface area (TPSA) is 42.0 Å². The number of hydrogen-bond donors (Lipinski definition) is 1. The fraction of sp³-hybridized carbons (Fsp3) is 0.250. The fourth-order valence-electron chi connectivity index (χ4n) is 2.38. The quantitative estimate of drug-likeness (QED) is 0.927. The summed E-state index contributed by atoms with van der Waals surface area (Å²) in [5, 5.41) is 2.90. The largest absolute Gasteiger partial charge is 0.310 e. The molecule has 102 valence electrons. The Balaban J connectivity index is 1.65. The first-order valence-electron chi connectivity index (χ1n) is 6.63. The van der Waals surface area contributed by atoms with Gasteiger partial charge in [0, 0.05) is 16.6 Å². The van der Waals surface area contributed by atoms with Gasteiger partial charge in [-0.05, 0) is 52.4 Å². The van der Waals surface area contributed by atoms with Crippen molar-refractivity contribution in [3.05, 3.63) is 58.2 Å². The van der Waals surface area contributed by atoms with Crippen molar-refractivity contribution >= 4 is 27.7 Å². The van der Waals surface area contributed by atoms with Gasteiger partial charge in [0.25, 0.3) is 0 Å². The predicted molar refractivity (Wildman–Crippen MR) is 82.6 cm³/mol. The van der Waals surface area contributed by atoms with Crippen LogP contribution in [0.25, 0.3) is 0 Å². The average molecular weight is 331 g/mol. The molecule has 0 aliphatic heterocycles. The van der Waals surface area contributed by atoms with Gasteiger partial charge >= 0.3 is 0 Å². The minimum Gasteiger partial charge on any atom is -0.310 e. The highest BCUT2D eigenvalue weighted by Crippen LogP contribution is 2.47. The molecule has 1 heterocycles. The monoisotopic (exact) mass is 330 g/mol. The molecule has 20 heavy (non-hydrogen) atoms. The van der Waals surface area contributed by atoms with Crippen LogP contribution in [0.15, 0.2) is 47.1 Å². The van der Waals surface area contributed by atoms with Crippen LogP contribution in [0.4, 0.5) is 5.82 Å². The summed E-state index contributed by atoms with van der Waals surface area (Å²) in [6.07, 6.45) is 2.64. The van der Waals surface area contributed by atoms with E-state index in [0.29, 0.717) is 11.7 Å². The number of nitrogens with zero attached hydrogens (tertiary/aromatic N) is 1. The van der Waals surface area contributed by atoms with E-state index in [2.05, 4.69) is 38.4 Å². The number of aryl methyl sites for hydroxylation is 1. The van der Waals surface area contributed by atoms with E-state index in [9.17, 15) is 4.79 Å². The van der Waals surface area contributed by atoms with Crippen molar-refractivity contribution in [2.75, 3.05) is 5.32 Å². The van der Waals surface area contributed by atoms with E-state index in [1.807, 2.05) is 31.2 Å². The fourth-order valence-corrected chi connectivity index (χ4v) is 2.60. The Hall–Kier alpha value is -1.68. The second kappa shape index (κ2) is 5.37. The van der Waals surface area contributed by atoms with Gasteiger partial charge in [0.05, 0.1) is 0 Å². The number of hydrogen-bond acceptors (Lipinski definition) is 2. The molecule has 0 bridgehead atoms. The first-order chi connectivity index (χ1) is 9.65. The lowest BCUT2D eigenvalue weighted by molar-refractivity contribution is -0.117. The Bertz CT molecular complexity index is 642. The summed E-state index contributed by atoms with van der Waals surface area (Å²) in [7, 11) is 0. The molecule has 1 aliphatic carbocycles. The maximum absolute atomic E-state index is 12.2. The molecule has 0 spiro atoms. The first kappa shape index (κ1) is 13.3. The van der Waals surface area contributed by atoms with Crippen LogP contribution >= 0.6 is 15.9 Å². The summed E-state index contributed by atoms with van der Waals surface area (Å²) >= 11 is 3.40. The predicted octanol–water partition coefficient (Wildman–Crippen LogP) is 3.89. The molecular formula is C16H15BrN2O. The average Bonchev–Trinajstić information content (AvgIpc) is 3.24. The van der Waals surface area contributed by atoms with Gasteiger partial charge in [0.1, 0.15) is 5.82 Å². The van der Waals surface area contributed by atoms with Crippen molar-refractivity contribution in [3.8, 4) is 0 Å². The molecule has 4 heteroatoms. The van der Waals surface area contributed by atoms with Crippen LogP contribution in [0, 0.1) is 12.8 Å². The second-order valence-corrected chi connectivity index (χ2v) is 6.02. The van der Waals surface area contributed by atoms with E-state index in [1.165, 1.54) is 5.56 Å². The number of rotatable bonds is 3. The van der Waals surface area contributed by atoms with Crippen LogP contribution in [0.1, 0.15) is 23.5 Å². The highest BCUT2D eigenvalue weighted by molar-refractivity contribution is 9.10. The van der Waals surface area contributed by atoms with Crippen molar-refractivity contribution in [1.29, 1.82) is 0 Å². The lowest BCUT2D eigenvalue weighted by Crippen LogP contribution is -2.15. The van der Waals surface area contributed by atoms with Crippen LogP contribution < -0.4 is 5.32 Å². The number of carbonyl (C=O) groups is 1. The molecule has 1 N–H and O–H groups in total. The number of halogens is 1. The summed E-state index contributed by atoms with van der Waals surface area (Å²) in [5.41, 5.74) is 2.30. The number of nitrogens with one attached hydrogen (secondary N) is 1. The molecule has 0 saturated heterocycles. The van der Waals surface area contributed by atoms with Gasteiger partial charge in [-0.1, -0.05) is 30.3 Å². The van der Waals surface area contributed by atoms with Gasteiger partial charge in [0.2, 0.25) is 5.91 Å². The molecular weight excluding hydrogens is 316 g/mol. The minimum absolute atomic E-state index is 0.0630. The van der Waals surface area contributed by atoms with E-state index in [0.717, 1.165) is 16.5 Å². The molecule has 1 fully saturated rings. The van der Waals surface area contributed by atoms with Crippen LogP contribution in [0.3, 0.4) is 0 Å². The zero-order valence-corrected chi connectivity index (χ0v) is 12.7. The van der Waals surface area contributed by atoms with Gasteiger partial charge in [0.15, 0.2) is 0 Å². The van der Waals surface area contributed by atoms with E-state index >= 15 is 0 Å². The molecule has 2 aromatic rings. The SMILES string of the molecule is Cc1cc(NC(=O)C2CC2c2ccccc2)ncc1Br. The molecule has 1 aliphatic rings. The van der Waals surface area contributed by atoms with E-state index < -0.39 is 0 Å². The van der Waals surface area contributed by atoms with Gasteiger partial charge < -0.3 is 5.32 Å². The summed E-state index contributed by atoms with van der Waals surface area (Å²) in [6.45, 7) is 1.98. The lowest BCUT2D eigenvalue weighted by atomic mass is 10.1. The van der Waals surface area contributed by atoms with Crippen LogP contribution in [0.2, 0.25) is 0 Å². The molecule has 0 radical (unpaired) electrons. The molecule has 3 rings (SSSR count). The van der Waals surface area contributed by atoms with Crippen molar-refractivity contribution in [2.24, 2.45) is 5.92 Å². The van der Waals surface area contributed by atoms with Crippen molar-refractivity contribution in [3.63, 3.8) is 0 Å². The zero-order valence-electron chi connectivity index (χ0n) is 11.1. The molecule has 1 aromatic carbocycles. The highest BCUT2D eigenvalue weighted by atomic mass is 79.9. The van der Waals surface area contributed by atoms with E-state index in [-0.39, 0.29) is 11.8 Å². The van der Waals surface area contributed by atoms with Crippen LogP contribution in [-0.2, 0) is 4.79 Å². The third-order valence-corrected chi connectivity index (χ3v) is 4.48. The summed E-state index contributed by atoms with van der Waals surface area (Å²) < 4.78 is 0.948. The van der Waals surface area contributed by atoms with Gasteiger partial charge in [-0.3, -0.25) is 4.79 Å². The lowest BCUT2D eigenvalue weighted by Gasteiger charge is -2.06. The van der Waals surface area contributed by atoms with Crippen molar-refractivity contribution < 1.29 is 4.79 Å². The first-order valence-corrected chi connectivity index (χ1v) is 7.42. The van der Waals surface area contributed by atoms with Crippen molar-refractivity contribution in [1.82, 2.24) is 4.98 Å². The van der Waals surface area contributed by atoms with Gasteiger partial charge in [-0.25, -0.2) is 4.98 Å². The summed E-state index contributed by atoms with van der Waals surface area (Å²) in [5.74, 6) is 1.11. The summed E-state index contributed by atoms with van der Waals surface area (Å²) in [4.78, 5) is 16.4. The van der Waals surface area contributed by atoms with Crippen LogP contribution in [0.5, 0.6) is 0 Å². The van der Waals surface area contributed by atoms with E-state index in [1.54, 1.807) is 6.20 Å². The number of aromatic nitrogens is 1. The maximum Gasteiger partial charge on any atom is 0.229 e. The number of pyridine rings is 1. The van der Waals surface area contributed by atoms with Crippen LogP contribution in [-0.4, -0.2) is 10.9 Å². The number of benzene rings is 1. The smallest absolute Gasteiger partial charge is 0.229 e. The molecule has 3 nitrogen and oxygen atoms in total. The standard InChI is InChI=1S/C16H15BrN2O/c1-10-7-15(18-9-14(10)17)19-16(20)13-8-12(13)11-5-3-2-4-6-11/h2-7,9,12-13H,8H2,1H3,(H,18,19,20). The third-order valence-electron chi connectivity index (χ3n) is 3.65. The Labute approximate surface area is 126 Å². The minimum atomic E-state index is 0.0630. The number of amides is 1. The zero-order chi connectivity index (χ0) is 14.1. The van der Waals surface area contributed by atoms with Gasteiger partial charge in [-0.15, -0.1) is 0 Å². The Kier molecular flexibility index (Phi) is 3.57. The number of carbonyl (C=O) groups excluding carboxylic acids is 1. The van der Waals surface area contributed by atoms with E-state index in [4.69, 9.17) is 0 Å². The third kappa shape index (κ3) is 2.75. The van der Waals surface area contributed by atoms with Gasteiger partial charge in [-0.2, -0.15) is 0 Å². The molecule has 1 aromatic heterocycles. The Morgan fingerprint density at radius 1 is 1.35 bits per heavy atom. The normalized spacial score (nSPS) is 20.5. The summed E-state index contributed by atoms with van der Waals surface area (Å²) in [6, 6.07) is 12.1.